The van der Waals surface area contributed by atoms with Gasteiger partial charge in [-0.15, -0.1) is 0 Å². The van der Waals surface area contributed by atoms with Gasteiger partial charge in [-0.2, -0.15) is 0 Å². The smallest absolute Gasteiger partial charge is 0.133 e. The lowest BCUT2D eigenvalue weighted by Crippen LogP contribution is -2.53. The highest BCUT2D eigenvalue weighted by atomic mass is 16.3. The van der Waals surface area contributed by atoms with Crippen LogP contribution in [-0.2, 0) is 4.79 Å². The molecule has 0 spiro atoms. The minimum atomic E-state index is -0.590. The van der Waals surface area contributed by atoms with Crippen molar-refractivity contribution in [3.63, 3.8) is 0 Å². The Kier molecular flexibility index (Phi) is 3.13. The minimum Gasteiger partial charge on any atom is -0.389 e. The lowest BCUT2D eigenvalue weighted by molar-refractivity contribution is -0.149. The summed E-state index contributed by atoms with van der Waals surface area (Å²) in [6, 6.07) is 0. The molecule has 2 aliphatic rings. The molecule has 2 heteroatoms. The highest BCUT2D eigenvalue weighted by Crippen LogP contribution is 2.50. The molecule has 2 nitrogen and oxygen atoms in total. The maximum absolute atomic E-state index is 11.6. The van der Waals surface area contributed by atoms with E-state index in [0.717, 1.165) is 25.7 Å². The van der Waals surface area contributed by atoms with Crippen molar-refractivity contribution in [3.8, 4) is 0 Å². The Morgan fingerprint density at radius 3 is 2.69 bits per heavy atom. The van der Waals surface area contributed by atoms with Crippen molar-refractivity contribution < 1.29 is 9.90 Å². The molecule has 2 fully saturated rings. The first-order valence-corrected chi connectivity index (χ1v) is 6.69. The number of hydrogen-bond acceptors (Lipinski definition) is 2. The number of Topliss-reactive ketones (excluding diaryl/α,β-unsaturated/α-hetero) is 1. The minimum absolute atomic E-state index is 0.220. The van der Waals surface area contributed by atoms with Crippen LogP contribution in [-0.4, -0.2) is 16.5 Å². The summed E-state index contributed by atoms with van der Waals surface area (Å²) < 4.78 is 0. The van der Waals surface area contributed by atoms with Crippen LogP contribution < -0.4 is 0 Å². The van der Waals surface area contributed by atoms with Gasteiger partial charge >= 0.3 is 0 Å². The molecule has 92 valence electrons. The maximum Gasteiger partial charge on any atom is 0.133 e. The van der Waals surface area contributed by atoms with Crippen molar-refractivity contribution in [2.24, 2.45) is 23.7 Å². The van der Waals surface area contributed by atoms with Crippen LogP contribution in [0.5, 0.6) is 0 Å². The van der Waals surface area contributed by atoms with Crippen molar-refractivity contribution in [2.75, 3.05) is 0 Å². The molecule has 0 unspecified atom stereocenters. The van der Waals surface area contributed by atoms with Crippen molar-refractivity contribution in [1.29, 1.82) is 0 Å². The molecule has 0 amide bonds. The number of aliphatic hydroxyl groups is 1. The van der Waals surface area contributed by atoms with Crippen LogP contribution in [0.3, 0.4) is 0 Å². The van der Waals surface area contributed by atoms with Crippen molar-refractivity contribution in [3.05, 3.63) is 0 Å². The molecule has 0 aromatic carbocycles. The van der Waals surface area contributed by atoms with Crippen LogP contribution >= 0.6 is 0 Å². The van der Waals surface area contributed by atoms with Gasteiger partial charge in [0.2, 0.25) is 0 Å². The first kappa shape index (κ1) is 12.1. The Labute approximate surface area is 98.4 Å². The Hall–Kier alpha value is -0.370. The first-order chi connectivity index (χ1) is 7.45. The molecule has 0 bridgehead atoms. The van der Waals surface area contributed by atoms with E-state index in [1.807, 2.05) is 0 Å². The van der Waals surface area contributed by atoms with E-state index in [9.17, 15) is 9.90 Å². The number of rotatable bonds is 1. The Balaban J connectivity index is 2.25. The molecular formula is C14H24O2. The van der Waals surface area contributed by atoms with Crippen LogP contribution in [0.25, 0.3) is 0 Å². The third-order valence-electron chi connectivity index (χ3n) is 5.09. The van der Waals surface area contributed by atoms with E-state index in [4.69, 9.17) is 0 Å². The van der Waals surface area contributed by atoms with Crippen LogP contribution in [0.1, 0.15) is 52.9 Å². The van der Waals surface area contributed by atoms with Gasteiger partial charge in [0.15, 0.2) is 0 Å². The molecule has 16 heavy (non-hydrogen) atoms. The zero-order valence-electron chi connectivity index (χ0n) is 10.7. The molecule has 2 saturated carbocycles. The summed E-state index contributed by atoms with van der Waals surface area (Å²) in [5, 5.41) is 10.8. The SMILES string of the molecule is CC(C)[C@@]1(O)CC[C@@H](C)[C@@H]2CCC(=O)C[C@@H]21. The second kappa shape index (κ2) is 4.14. The molecule has 1 N–H and O–H groups in total. The Bertz CT molecular complexity index is 284. The molecule has 0 aromatic heterocycles. The van der Waals surface area contributed by atoms with E-state index in [1.54, 1.807) is 0 Å². The van der Waals surface area contributed by atoms with Crippen LogP contribution in [0.2, 0.25) is 0 Å². The number of carbonyl (C=O) groups is 1. The van der Waals surface area contributed by atoms with Crippen molar-refractivity contribution in [2.45, 2.75) is 58.5 Å². The predicted molar refractivity (Wildman–Crippen MR) is 64.0 cm³/mol. The van der Waals surface area contributed by atoms with Crippen molar-refractivity contribution in [1.82, 2.24) is 0 Å². The Morgan fingerprint density at radius 2 is 2.06 bits per heavy atom. The molecule has 0 aliphatic heterocycles. The lowest BCUT2D eigenvalue weighted by Gasteiger charge is -2.51. The molecular weight excluding hydrogens is 200 g/mol. The average Bonchev–Trinajstić information content (AvgIpc) is 2.23. The fourth-order valence-electron chi connectivity index (χ4n) is 3.83. The summed E-state index contributed by atoms with van der Waals surface area (Å²) >= 11 is 0. The van der Waals surface area contributed by atoms with E-state index in [2.05, 4.69) is 20.8 Å². The number of hydrogen-bond donors (Lipinski definition) is 1. The molecule has 0 saturated heterocycles. The van der Waals surface area contributed by atoms with Crippen LogP contribution in [0.4, 0.5) is 0 Å². The van der Waals surface area contributed by atoms with Gasteiger partial charge in [0.1, 0.15) is 5.78 Å². The quantitative estimate of drug-likeness (QED) is 0.743. The summed E-state index contributed by atoms with van der Waals surface area (Å²) in [6.45, 7) is 6.46. The van der Waals surface area contributed by atoms with Gasteiger partial charge in [-0.25, -0.2) is 0 Å². The number of fused-ring (bicyclic) bond motifs is 1. The van der Waals surface area contributed by atoms with Gasteiger partial charge in [0.25, 0.3) is 0 Å². The summed E-state index contributed by atoms with van der Waals surface area (Å²) in [4.78, 5) is 11.6. The van der Waals surface area contributed by atoms with Crippen LogP contribution in [0.15, 0.2) is 0 Å². The molecule has 2 aliphatic carbocycles. The topological polar surface area (TPSA) is 37.3 Å². The van der Waals surface area contributed by atoms with Gasteiger partial charge in [-0.1, -0.05) is 20.8 Å². The Morgan fingerprint density at radius 1 is 1.38 bits per heavy atom. The highest BCUT2D eigenvalue weighted by Gasteiger charge is 2.50. The number of ketones is 1. The zero-order chi connectivity index (χ0) is 11.9. The third kappa shape index (κ3) is 1.81. The predicted octanol–water partition coefficient (Wildman–Crippen LogP) is 2.79. The fourth-order valence-corrected chi connectivity index (χ4v) is 3.83. The monoisotopic (exact) mass is 224 g/mol. The van der Waals surface area contributed by atoms with E-state index < -0.39 is 5.60 Å². The van der Waals surface area contributed by atoms with Gasteiger partial charge in [-0.05, 0) is 42.9 Å². The van der Waals surface area contributed by atoms with Gasteiger partial charge in [0, 0.05) is 12.8 Å². The maximum atomic E-state index is 11.6. The van der Waals surface area contributed by atoms with Crippen LogP contribution in [0, 0.1) is 23.7 Å². The normalized spacial score (nSPS) is 44.6. The zero-order valence-corrected chi connectivity index (χ0v) is 10.7. The summed E-state index contributed by atoms with van der Waals surface area (Å²) in [5.74, 6) is 2.08. The molecule has 0 heterocycles. The summed E-state index contributed by atoms with van der Waals surface area (Å²) in [7, 11) is 0. The van der Waals surface area contributed by atoms with Gasteiger partial charge in [-0.3, -0.25) is 4.79 Å². The largest absolute Gasteiger partial charge is 0.389 e. The third-order valence-corrected chi connectivity index (χ3v) is 5.09. The first-order valence-electron chi connectivity index (χ1n) is 6.69. The van der Waals surface area contributed by atoms with Gasteiger partial charge < -0.3 is 5.11 Å². The fraction of sp³-hybridized carbons (Fsp3) is 0.929. The molecule has 4 atom stereocenters. The van der Waals surface area contributed by atoms with E-state index >= 15 is 0 Å². The van der Waals surface area contributed by atoms with E-state index in [-0.39, 0.29) is 11.8 Å². The molecule has 2 rings (SSSR count). The summed E-state index contributed by atoms with van der Waals surface area (Å²) in [5.41, 5.74) is -0.590. The van der Waals surface area contributed by atoms with Crippen molar-refractivity contribution >= 4 is 5.78 Å². The second-order valence-electron chi connectivity index (χ2n) is 6.21. The number of carbonyl (C=O) groups excluding carboxylic acids is 1. The average molecular weight is 224 g/mol. The highest BCUT2D eigenvalue weighted by molar-refractivity contribution is 5.79. The molecule has 0 radical (unpaired) electrons. The van der Waals surface area contributed by atoms with Gasteiger partial charge in [0.05, 0.1) is 5.60 Å². The lowest BCUT2D eigenvalue weighted by atomic mass is 9.56. The second-order valence-corrected chi connectivity index (χ2v) is 6.21. The van der Waals surface area contributed by atoms with E-state index in [0.29, 0.717) is 24.0 Å². The molecule has 0 aromatic rings. The van der Waals surface area contributed by atoms with E-state index in [1.165, 1.54) is 0 Å². The summed E-state index contributed by atoms with van der Waals surface area (Å²) in [6.07, 6.45) is 4.34. The standard InChI is InChI=1S/C14H24O2/c1-9(2)14(16)7-6-10(3)12-5-4-11(15)8-13(12)14/h9-10,12-13,16H,4-8H2,1-3H3/t10-,12+,13+,14+/m1/s1.